The number of aliphatic hydroxyl groups is 1. The van der Waals surface area contributed by atoms with Crippen LogP contribution in [0.3, 0.4) is 0 Å². The Balaban J connectivity index is 2.19. The van der Waals surface area contributed by atoms with Gasteiger partial charge in [-0.25, -0.2) is 0 Å². The summed E-state index contributed by atoms with van der Waals surface area (Å²) in [6.45, 7) is 3.53. The molecule has 0 saturated heterocycles. The van der Waals surface area contributed by atoms with Crippen LogP contribution in [0.4, 0.5) is 0 Å². The van der Waals surface area contributed by atoms with Crippen LogP contribution in [0.2, 0.25) is 0 Å². The van der Waals surface area contributed by atoms with E-state index in [1.165, 1.54) is 32.2 Å². The van der Waals surface area contributed by atoms with Gasteiger partial charge in [0.2, 0.25) is 0 Å². The molecule has 0 radical (unpaired) electrons. The fourth-order valence-electron chi connectivity index (χ4n) is 1.92. The first-order valence-electron chi connectivity index (χ1n) is 5.05. The Morgan fingerprint density at radius 3 is 2.50 bits per heavy atom. The minimum atomic E-state index is 0.281. The van der Waals surface area contributed by atoms with Crippen LogP contribution in [-0.2, 0) is 0 Å². The summed E-state index contributed by atoms with van der Waals surface area (Å²) in [6.07, 6.45) is 5.60. The molecule has 2 nitrogen and oxygen atoms in total. The molecule has 1 atom stereocenters. The predicted octanol–water partition coefficient (Wildman–Crippen LogP) is 1.49. The highest BCUT2D eigenvalue weighted by Crippen LogP contribution is 2.25. The van der Waals surface area contributed by atoms with Crippen molar-refractivity contribution in [2.75, 3.05) is 20.2 Å². The third-order valence-corrected chi connectivity index (χ3v) is 3.04. The summed E-state index contributed by atoms with van der Waals surface area (Å²) in [5.41, 5.74) is 0. The van der Waals surface area contributed by atoms with E-state index in [9.17, 15) is 0 Å². The highest BCUT2D eigenvalue weighted by Gasteiger charge is 2.18. The largest absolute Gasteiger partial charge is 0.395 e. The molecule has 12 heavy (non-hydrogen) atoms. The fraction of sp³-hybridized carbons (Fsp3) is 1.00. The molecular weight excluding hydrogens is 150 g/mol. The second-order valence-electron chi connectivity index (χ2n) is 4.12. The van der Waals surface area contributed by atoms with Gasteiger partial charge in [0.1, 0.15) is 0 Å². The van der Waals surface area contributed by atoms with Crippen LogP contribution in [-0.4, -0.2) is 36.2 Å². The van der Waals surface area contributed by atoms with Crippen LogP contribution in [0, 0.1) is 5.92 Å². The van der Waals surface area contributed by atoms with E-state index in [0.29, 0.717) is 6.04 Å². The zero-order chi connectivity index (χ0) is 8.97. The molecular formula is C10H21NO. The smallest absolute Gasteiger partial charge is 0.0584 e. The molecule has 72 valence electrons. The zero-order valence-electron chi connectivity index (χ0n) is 8.29. The first-order valence-corrected chi connectivity index (χ1v) is 5.05. The maximum absolute atomic E-state index is 8.94. The molecule has 0 bridgehead atoms. The summed E-state index contributed by atoms with van der Waals surface area (Å²) >= 11 is 0. The number of rotatable bonds is 4. The number of hydrogen-bond acceptors (Lipinski definition) is 2. The molecule has 0 aliphatic heterocycles. The highest BCUT2D eigenvalue weighted by atomic mass is 16.3. The van der Waals surface area contributed by atoms with Gasteiger partial charge < -0.3 is 10.0 Å². The van der Waals surface area contributed by atoms with Crippen molar-refractivity contribution in [1.82, 2.24) is 4.90 Å². The molecule has 1 N–H and O–H groups in total. The first kappa shape index (κ1) is 10.0. The maximum atomic E-state index is 8.94. The van der Waals surface area contributed by atoms with Gasteiger partial charge in [0, 0.05) is 12.6 Å². The molecule has 1 unspecified atom stereocenters. The Morgan fingerprint density at radius 1 is 1.42 bits per heavy atom. The standard InChI is InChI=1S/C10H21NO/c1-9(8-12)11(2)7-10-5-3-4-6-10/h9-10,12H,3-8H2,1-2H3. The van der Waals surface area contributed by atoms with Crippen LogP contribution in [0.15, 0.2) is 0 Å². The Kier molecular flexibility index (Phi) is 4.02. The molecule has 1 aliphatic carbocycles. The monoisotopic (exact) mass is 171 g/mol. The number of likely N-dealkylation sites (N-methyl/N-ethyl adjacent to an activating group) is 1. The lowest BCUT2D eigenvalue weighted by atomic mass is 10.1. The van der Waals surface area contributed by atoms with Crippen molar-refractivity contribution >= 4 is 0 Å². The van der Waals surface area contributed by atoms with Gasteiger partial charge in [-0.1, -0.05) is 12.8 Å². The maximum Gasteiger partial charge on any atom is 0.0584 e. The van der Waals surface area contributed by atoms with Gasteiger partial charge in [-0.2, -0.15) is 0 Å². The zero-order valence-corrected chi connectivity index (χ0v) is 8.29. The van der Waals surface area contributed by atoms with Gasteiger partial charge in [-0.05, 0) is 32.7 Å². The average Bonchev–Trinajstić information content (AvgIpc) is 2.55. The van der Waals surface area contributed by atoms with Crippen molar-refractivity contribution in [2.45, 2.75) is 38.6 Å². The summed E-state index contributed by atoms with van der Waals surface area (Å²) in [5.74, 6) is 0.893. The second kappa shape index (κ2) is 4.83. The van der Waals surface area contributed by atoms with Crippen LogP contribution in [0.1, 0.15) is 32.6 Å². The van der Waals surface area contributed by atoms with Gasteiger partial charge in [-0.15, -0.1) is 0 Å². The fourth-order valence-corrected chi connectivity index (χ4v) is 1.92. The van der Waals surface area contributed by atoms with Crippen molar-refractivity contribution in [3.8, 4) is 0 Å². The highest BCUT2D eigenvalue weighted by molar-refractivity contribution is 4.72. The first-order chi connectivity index (χ1) is 5.74. The third-order valence-electron chi connectivity index (χ3n) is 3.04. The van der Waals surface area contributed by atoms with Crippen molar-refractivity contribution in [3.05, 3.63) is 0 Å². The van der Waals surface area contributed by atoms with Crippen LogP contribution < -0.4 is 0 Å². The molecule has 2 heteroatoms. The van der Waals surface area contributed by atoms with Crippen molar-refractivity contribution < 1.29 is 5.11 Å². The van der Waals surface area contributed by atoms with Gasteiger partial charge in [0.15, 0.2) is 0 Å². The molecule has 1 aliphatic rings. The summed E-state index contributed by atoms with van der Waals surface area (Å²) < 4.78 is 0. The molecule has 0 heterocycles. The van der Waals surface area contributed by atoms with Gasteiger partial charge in [0.05, 0.1) is 6.61 Å². The minimum absolute atomic E-state index is 0.281. The molecule has 1 rings (SSSR count). The number of nitrogens with zero attached hydrogens (tertiary/aromatic N) is 1. The summed E-state index contributed by atoms with van der Waals surface area (Å²) in [4.78, 5) is 2.27. The Hall–Kier alpha value is -0.0800. The van der Waals surface area contributed by atoms with Crippen LogP contribution >= 0.6 is 0 Å². The third kappa shape index (κ3) is 2.76. The molecule has 1 fully saturated rings. The lowest BCUT2D eigenvalue weighted by Crippen LogP contribution is -2.35. The molecule has 1 saturated carbocycles. The normalized spacial score (nSPS) is 22.0. The number of aliphatic hydroxyl groups excluding tert-OH is 1. The number of hydrogen-bond donors (Lipinski definition) is 1. The summed E-state index contributed by atoms with van der Waals surface area (Å²) in [6, 6.07) is 0.325. The molecule has 0 spiro atoms. The molecule has 0 amide bonds. The van der Waals surface area contributed by atoms with Gasteiger partial charge >= 0.3 is 0 Å². The van der Waals surface area contributed by atoms with Gasteiger partial charge in [0.25, 0.3) is 0 Å². The van der Waals surface area contributed by atoms with E-state index in [4.69, 9.17) is 5.11 Å². The van der Waals surface area contributed by atoms with Crippen molar-refractivity contribution in [1.29, 1.82) is 0 Å². The van der Waals surface area contributed by atoms with E-state index in [0.717, 1.165) is 5.92 Å². The Morgan fingerprint density at radius 2 is 2.00 bits per heavy atom. The van der Waals surface area contributed by atoms with Gasteiger partial charge in [-0.3, -0.25) is 0 Å². The Labute approximate surface area is 75.6 Å². The van der Waals surface area contributed by atoms with E-state index < -0.39 is 0 Å². The van der Waals surface area contributed by atoms with E-state index in [1.807, 2.05) is 0 Å². The molecule has 0 aromatic rings. The van der Waals surface area contributed by atoms with E-state index in [1.54, 1.807) is 0 Å². The molecule has 0 aromatic heterocycles. The SMILES string of the molecule is CC(CO)N(C)CC1CCCC1. The van der Waals surface area contributed by atoms with Crippen LogP contribution in [0.25, 0.3) is 0 Å². The topological polar surface area (TPSA) is 23.5 Å². The van der Waals surface area contributed by atoms with Crippen molar-refractivity contribution in [3.63, 3.8) is 0 Å². The minimum Gasteiger partial charge on any atom is -0.395 e. The Bertz CT molecular complexity index is 121. The molecule has 0 aromatic carbocycles. The lowest BCUT2D eigenvalue weighted by molar-refractivity contribution is 0.143. The van der Waals surface area contributed by atoms with E-state index in [-0.39, 0.29) is 6.61 Å². The summed E-state index contributed by atoms with van der Waals surface area (Å²) in [7, 11) is 2.11. The predicted molar refractivity (Wildman–Crippen MR) is 51.1 cm³/mol. The quantitative estimate of drug-likeness (QED) is 0.692. The lowest BCUT2D eigenvalue weighted by Gasteiger charge is -2.25. The summed E-state index contributed by atoms with van der Waals surface area (Å²) in [5, 5.41) is 8.94. The van der Waals surface area contributed by atoms with E-state index >= 15 is 0 Å². The van der Waals surface area contributed by atoms with Crippen LogP contribution in [0.5, 0.6) is 0 Å². The second-order valence-corrected chi connectivity index (χ2v) is 4.12. The average molecular weight is 171 g/mol. The van der Waals surface area contributed by atoms with Crippen molar-refractivity contribution in [2.24, 2.45) is 5.92 Å². The van der Waals surface area contributed by atoms with E-state index in [2.05, 4.69) is 18.9 Å².